The van der Waals surface area contributed by atoms with E-state index in [9.17, 15) is 4.79 Å². The predicted octanol–water partition coefficient (Wildman–Crippen LogP) is 1.41. The molecule has 19 heavy (non-hydrogen) atoms. The van der Waals surface area contributed by atoms with Gasteiger partial charge in [0.1, 0.15) is 12.2 Å². The van der Waals surface area contributed by atoms with Crippen LogP contribution >= 0.6 is 11.6 Å². The second kappa shape index (κ2) is 5.77. The molecule has 104 valence electrons. The topological polar surface area (TPSA) is 64.8 Å². The standard InChI is InChI=1S/C13H17ClN2O3/c1-18-11-6-16(7-12(11)19-2)13(17)8-3-9(14)5-10(15)4-8/h3-5,11-12H,6-7,15H2,1-2H3. The molecular formula is C13H17ClN2O3. The van der Waals surface area contributed by atoms with E-state index < -0.39 is 0 Å². The highest BCUT2D eigenvalue weighted by Gasteiger charge is 2.35. The summed E-state index contributed by atoms with van der Waals surface area (Å²) in [7, 11) is 3.23. The van der Waals surface area contributed by atoms with Crippen molar-refractivity contribution in [2.45, 2.75) is 12.2 Å². The third-order valence-electron chi connectivity index (χ3n) is 3.28. The van der Waals surface area contributed by atoms with Gasteiger partial charge in [-0.05, 0) is 18.2 Å². The van der Waals surface area contributed by atoms with Gasteiger partial charge in [0.2, 0.25) is 0 Å². The Morgan fingerprint density at radius 3 is 2.32 bits per heavy atom. The molecule has 2 unspecified atom stereocenters. The van der Waals surface area contributed by atoms with Crippen molar-refractivity contribution in [3.63, 3.8) is 0 Å². The van der Waals surface area contributed by atoms with Crippen LogP contribution in [0.25, 0.3) is 0 Å². The number of ether oxygens (including phenoxy) is 2. The molecule has 1 heterocycles. The molecule has 1 amide bonds. The molecular weight excluding hydrogens is 268 g/mol. The summed E-state index contributed by atoms with van der Waals surface area (Å²) in [6.07, 6.45) is -0.212. The molecule has 0 bridgehead atoms. The van der Waals surface area contributed by atoms with Gasteiger partial charge in [-0.1, -0.05) is 11.6 Å². The molecule has 0 saturated carbocycles. The zero-order valence-electron chi connectivity index (χ0n) is 10.9. The van der Waals surface area contributed by atoms with Gasteiger partial charge >= 0.3 is 0 Å². The van der Waals surface area contributed by atoms with Crippen molar-refractivity contribution >= 4 is 23.2 Å². The van der Waals surface area contributed by atoms with Crippen LogP contribution in [0.3, 0.4) is 0 Å². The summed E-state index contributed by atoms with van der Waals surface area (Å²) < 4.78 is 10.6. The first-order chi connectivity index (χ1) is 9.05. The molecule has 2 rings (SSSR count). The molecule has 1 saturated heterocycles. The van der Waals surface area contributed by atoms with Gasteiger partial charge in [-0.3, -0.25) is 4.79 Å². The van der Waals surface area contributed by atoms with Crippen molar-refractivity contribution in [3.05, 3.63) is 28.8 Å². The number of nitrogens with zero attached hydrogens (tertiary/aromatic N) is 1. The monoisotopic (exact) mass is 284 g/mol. The minimum atomic E-state index is -0.115. The van der Waals surface area contributed by atoms with Crippen LogP contribution in [-0.4, -0.2) is 50.3 Å². The van der Waals surface area contributed by atoms with E-state index in [2.05, 4.69) is 0 Å². The largest absolute Gasteiger partial charge is 0.399 e. The number of hydrogen-bond donors (Lipinski definition) is 1. The lowest BCUT2D eigenvalue weighted by atomic mass is 10.2. The molecule has 0 radical (unpaired) electrons. The zero-order valence-corrected chi connectivity index (χ0v) is 11.7. The molecule has 0 aliphatic carbocycles. The van der Waals surface area contributed by atoms with E-state index in [1.165, 1.54) is 0 Å². The molecule has 1 aliphatic heterocycles. The van der Waals surface area contributed by atoms with E-state index in [-0.39, 0.29) is 18.1 Å². The Morgan fingerprint density at radius 1 is 1.26 bits per heavy atom. The summed E-state index contributed by atoms with van der Waals surface area (Å²) in [4.78, 5) is 14.1. The number of methoxy groups -OCH3 is 2. The maximum Gasteiger partial charge on any atom is 0.254 e. The third kappa shape index (κ3) is 3.00. The normalized spacial score (nSPS) is 22.8. The van der Waals surface area contributed by atoms with Crippen LogP contribution in [0.15, 0.2) is 18.2 Å². The average Bonchev–Trinajstić information content (AvgIpc) is 2.79. The Morgan fingerprint density at radius 2 is 1.84 bits per heavy atom. The molecule has 5 nitrogen and oxygen atoms in total. The fourth-order valence-electron chi connectivity index (χ4n) is 2.28. The molecule has 2 N–H and O–H groups in total. The van der Waals surface area contributed by atoms with Gasteiger partial charge in [-0.2, -0.15) is 0 Å². The lowest BCUT2D eigenvalue weighted by Crippen LogP contribution is -2.30. The van der Waals surface area contributed by atoms with E-state index in [0.29, 0.717) is 29.4 Å². The SMILES string of the molecule is COC1CN(C(=O)c2cc(N)cc(Cl)c2)CC1OC. The molecule has 1 fully saturated rings. The number of anilines is 1. The first-order valence-corrected chi connectivity index (χ1v) is 6.34. The third-order valence-corrected chi connectivity index (χ3v) is 3.49. The number of halogens is 1. The van der Waals surface area contributed by atoms with Crippen LogP contribution in [0.5, 0.6) is 0 Å². The Hall–Kier alpha value is -1.30. The van der Waals surface area contributed by atoms with Crippen LogP contribution in [0.2, 0.25) is 5.02 Å². The maximum absolute atomic E-state index is 12.4. The van der Waals surface area contributed by atoms with Crippen molar-refractivity contribution in [2.24, 2.45) is 0 Å². The number of carbonyl (C=O) groups is 1. The van der Waals surface area contributed by atoms with E-state index in [1.54, 1.807) is 37.3 Å². The molecule has 1 aromatic carbocycles. The highest BCUT2D eigenvalue weighted by atomic mass is 35.5. The number of hydrogen-bond acceptors (Lipinski definition) is 4. The second-order valence-corrected chi connectivity index (χ2v) is 4.97. The highest BCUT2D eigenvalue weighted by Crippen LogP contribution is 2.22. The molecule has 2 atom stereocenters. The van der Waals surface area contributed by atoms with Gasteiger partial charge in [0.15, 0.2) is 0 Å². The number of nitrogens with two attached hydrogens (primary N) is 1. The summed E-state index contributed by atoms with van der Waals surface area (Å²) in [5.74, 6) is -0.115. The number of rotatable bonds is 3. The van der Waals surface area contributed by atoms with Crippen LogP contribution in [0.1, 0.15) is 10.4 Å². The summed E-state index contributed by atoms with van der Waals surface area (Å²) >= 11 is 5.91. The Labute approximate surface area is 117 Å². The van der Waals surface area contributed by atoms with E-state index in [0.717, 1.165) is 0 Å². The zero-order chi connectivity index (χ0) is 14.0. The van der Waals surface area contributed by atoms with Crippen molar-refractivity contribution in [1.29, 1.82) is 0 Å². The fourth-order valence-corrected chi connectivity index (χ4v) is 2.52. The Bertz CT molecular complexity index is 449. The van der Waals surface area contributed by atoms with E-state index in [4.69, 9.17) is 26.8 Å². The highest BCUT2D eigenvalue weighted by molar-refractivity contribution is 6.31. The minimum Gasteiger partial charge on any atom is -0.399 e. The smallest absolute Gasteiger partial charge is 0.254 e. The minimum absolute atomic E-state index is 0.106. The van der Waals surface area contributed by atoms with Crippen LogP contribution in [0, 0.1) is 0 Å². The van der Waals surface area contributed by atoms with Crippen molar-refractivity contribution in [3.8, 4) is 0 Å². The summed E-state index contributed by atoms with van der Waals surface area (Å²) in [6, 6.07) is 4.84. The quantitative estimate of drug-likeness (QED) is 0.853. The lowest BCUT2D eigenvalue weighted by Gasteiger charge is -2.16. The van der Waals surface area contributed by atoms with Gasteiger partial charge in [-0.15, -0.1) is 0 Å². The number of nitrogen functional groups attached to an aromatic ring is 1. The second-order valence-electron chi connectivity index (χ2n) is 4.53. The summed E-state index contributed by atoms with van der Waals surface area (Å²) in [6.45, 7) is 1.00. The Kier molecular flexibility index (Phi) is 4.29. The van der Waals surface area contributed by atoms with Gasteiger partial charge in [0, 0.05) is 43.6 Å². The number of carbonyl (C=O) groups excluding carboxylic acids is 1. The van der Waals surface area contributed by atoms with Crippen LogP contribution < -0.4 is 5.73 Å². The first kappa shape index (κ1) is 14.1. The predicted molar refractivity (Wildman–Crippen MR) is 73.4 cm³/mol. The van der Waals surface area contributed by atoms with Crippen LogP contribution in [-0.2, 0) is 9.47 Å². The van der Waals surface area contributed by atoms with Crippen molar-refractivity contribution < 1.29 is 14.3 Å². The van der Waals surface area contributed by atoms with Gasteiger partial charge in [0.05, 0.1) is 0 Å². The fraction of sp³-hybridized carbons (Fsp3) is 0.462. The first-order valence-electron chi connectivity index (χ1n) is 5.96. The van der Waals surface area contributed by atoms with Crippen LogP contribution in [0.4, 0.5) is 5.69 Å². The maximum atomic E-state index is 12.4. The van der Waals surface area contributed by atoms with Gasteiger partial charge in [0.25, 0.3) is 5.91 Å². The van der Waals surface area contributed by atoms with Gasteiger partial charge in [-0.25, -0.2) is 0 Å². The molecule has 1 aliphatic rings. The Balaban J connectivity index is 2.16. The van der Waals surface area contributed by atoms with Gasteiger partial charge < -0.3 is 20.1 Å². The molecule has 0 spiro atoms. The molecule has 0 aromatic heterocycles. The average molecular weight is 285 g/mol. The van der Waals surface area contributed by atoms with E-state index >= 15 is 0 Å². The number of likely N-dealkylation sites (tertiary alicyclic amines) is 1. The van der Waals surface area contributed by atoms with Crippen molar-refractivity contribution in [1.82, 2.24) is 4.90 Å². The molecule has 6 heteroatoms. The number of benzene rings is 1. The summed E-state index contributed by atoms with van der Waals surface area (Å²) in [5.41, 5.74) is 6.65. The summed E-state index contributed by atoms with van der Waals surface area (Å²) in [5, 5.41) is 0.453. The van der Waals surface area contributed by atoms with E-state index in [1.807, 2.05) is 0 Å². The van der Waals surface area contributed by atoms with Crippen molar-refractivity contribution in [2.75, 3.05) is 33.0 Å². The lowest BCUT2D eigenvalue weighted by molar-refractivity contribution is -0.00461. The number of amides is 1. The molecule has 1 aromatic rings.